The molecule has 1 aliphatic rings. The number of pyridine rings is 1. The van der Waals surface area contributed by atoms with Gasteiger partial charge >= 0.3 is 0 Å². The first kappa shape index (κ1) is 15.8. The van der Waals surface area contributed by atoms with E-state index in [1.807, 2.05) is 19.1 Å². The summed E-state index contributed by atoms with van der Waals surface area (Å²) in [5.41, 5.74) is 1.63. The van der Waals surface area contributed by atoms with Gasteiger partial charge in [-0.05, 0) is 43.2 Å². The topological polar surface area (TPSA) is 59.5 Å². The zero-order valence-electron chi connectivity index (χ0n) is 13.3. The third-order valence-corrected chi connectivity index (χ3v) is 5.60. The molecule has 5 nitrogen and oxygen atoms in total. The van der Waals surface area contributed by atoms with Crippen molar-refractivity contribution < 1.29 is 13.2 Å². The quantitative estimate of drug-likeness (QED) is 0.863. The number of anilines is 1. The summed E-state index contributed by atoms with van der Waals surface area (Å²) in [6, 6.07) is 10.5. The number of benzene rings is 1. The van der Waals surface area contributed by atoms with Crippen molar-refractivity contribution in [2.24, 2.45) is 0 Å². The third kappa shape index (κ3) is 3.03. The predicted octanol–water partition coefficient (Wildman–Crippen LogP) is 3.01. The van der Waals surface area contributed by atoms with E-state index in [2.05, 4.69) is 11.9 Å². The monoisotopic (exact) mass is 332 g/mol. The Morgan fingerprint density at radius 1 is 1.26 bits per heavy atom. The van der Waals surface area contributed by atoms with Crippen molar-refractivity contribution in [1.29, 1.82) is 0 Å². The van der Waals surface area contributed by atoms with Crippen LogP contribution >= 0.6 is 0 Å². The molecule has 1 atom stereocenters. The summed E-state index contributed by atoms with van der Waals surface area (Å²) in [6.45, 7) is 4.21. The van der Waals surface area contributed by atoms with Gasteiger partial charge in [-0.2, -0.15) is 0 Å². The lowest BCUT2D eigenvalue weighted by molar-refractivity contribution is 0.210. The Morgan fingerprint density at radius 2 is 2.00 bits per heavy atom. The summed E-state index contributed by atoms with van der Waals surface area (Å²) in [4.78, 5) is 4.43. The number of fused-ring (bicyclic) bond motifs is 1. The molecule has 0 saturated heterocycles. The lowest BCUT2D eigenvalue weighted by Gasteiger charge is -2.33. The van der Waals surface area contributed by atoms with Crippen LogP contribution in [0.15, 0.2) is 47.5 Å². The van der Waals surface area contributed by atoms with Crippen LogP contribution in [0.3, 0.4) is 0 Å². The molecule has 0 saturated carbocycles. The Kier molecular flexibility index (Phi) is 4.26. The Labute approximate surface area is 137 Å². The van der Waals surface area contributed by atoms with Gasteiger partial charge in [-0.3, -0.25) is 4.31 Å². The fourth-order valence-corrected chi connectivity index (χ4v) is 4.23. The molecule has 0 bridgehead atoms. The minimum Gasteiger partial charge on any atom is -0.471 e. The average Bonchev–Trinajstić information content (AvgIpc) is 2.55. The molecule has 122 valence electrons. The van der Waals surface area contributed by atoms with E-state index >= 15 is 0 Å². The van der Waals surface area contributed by atoms with Crippen LogP contribution in [0.25, 0.3) is 0 Å². The number of hydrogen-bond acceptors (Lipinski definition) is 4. The zero-order valence-corrected chi connectivity index (χ0v) is 14.1. The minimum absolute atomic E-state index is 0.244. The van der Waals surface area contributed by atoms with Gasteiger partial charge in [0.15, 0.2) is 0 Å². The second-order valence-electron chi connectivity index (χ2n) is 5.69. The van der Waals surface area contributed by atoms with Crippen molar-refractivity contribution in [3.63, 3.8) is 0 Å². The first-order valence-electron chi connectivity index (χ1n) is 7.75. The molecule has 0 radical (unpaired) electrons. The molecule has 2 aromatic rings. The van der Waals surface area contributed by atoms with E-state index in [9.17, 15) is 8.42 Å². The van der Waals surface area contributed by atoms with Crippen LogP contribution in [0.1, 0.15) is 25.8 Å². The number of sulfonamides is 1. The molecule has 1 aliphatic heterocycles. The van der Waals surface area contributed by atoms with Crippen LogP contribution in [-0.2, 0) is 16.4 Å². The fourth-order valence-electron chi connectivity index (χ4n) is 2.69. The maximum Gasteiger partial charge on any atom is 0.264 e. The number of nitrogens with zero attached hydrogens (tertiary/aromatic N) is 2. The summed E-state index contributed by atoms with van der Waals surface area (Å²) in [6.07, 6.45) is 3.33. The molecule has 0 amide bonds. The highest BCUT2D eigenvalue weighted by Gasteiger charge is 2.33. The van der Waals surface area contributed by atoms with Gasteiger partial charge < -0.3 is 4.74 Å². The lowest BCUT2D eigenvalue weighted by atomic mass is 10.1. The van der Waals surface area contributed by atoms with Crippen molar-refractivity contribution in [3.05, 3.63) is 48.2 Å². The molecule has 0 aliphatic carbocycles. The highest BCUT2D eigenvalue weighted by atomic mass is 32.2. The maximum absolute atomic E-state index is 13.0. The molecule has 1 aromatic heterocycles. The Bertz CT molecular complexity index is 788. The highest BCUT2D eigenvalue weighted by molar-refractivity contribution is 7.92. The number of rotatable bonds is 4. The van der Waals surface area contributed by atoms with Gasteiger partial charge in [0.1, 0.15) is 11.8 Å². The molecule has 23 heavy (non-hydrogen) atoms. The van der Waals surface area contributed by atoms with Gasteiger partial charge in [0, 0.05) is 6.20 Å². The molecule has 6 heteroatoms. The smallest absolute Gasteiger partial charge is 0.264 e. The molecule has 0 fully saturated rings. The van der Waals surface area contributed by atoms with Crippen molar-refractivity contribution in [1.82, 2.24) is 4.98 Å². The maximum atomic E-state index is 13.0. The molecular formula is C17H20N2O3S. The van der Waals surface area contributed by atoms with Crippen molar-refractivity contribution >= 4 is 15.7 Å². The zero-order chi connectivity index (χ0) is 16.4. The fraction of sp³-hybridized carbons (Fsp3) is 0.353. The van der Waals surface area contributed by atoms with Crippen molar-refractivity contribution in [2.75, 3.05) is 10.8 Å². The van der Waals surface area contributed by atoms with Gasteiger partial charge in [0.2, 0.25) is 5.88 Å². The number of hydrogen-bond donors (Lipinski definition) is 0. The van der Waals surface area contributed by atoms with E-state index in [0.717, 1.165) is 18.4 Å². The summed E-state index contributed by atoms with van der Waals surface area (Å²) in [5, 5.41) is 0. The molecule has 3 rings (SSSR count). The number of aromatic nitrogens is 1. The number of aryl methyl sites for hydroxylation is 1. The molecular weight excluding hydrogens is 312 g/mol. The van der Waals surface area contributed by atoms with E-state index in [-0.39, 0.29) is 12.6 Å². The largest absolute Gasteiger partial charge is 0.471 e. The van der Waals surface area contributed by atoms with Gasteiger partial charge in [0.25, 0.3) is 10.0 Å². The Hall–Kier alpha value is -2.08. The van der Waals surface area contributed by atoms with Gasteiger partial charge in [-0.25, -0.2) is 13.4 Å². The second kappa shape index (κ2) is 6.20. The molecule has 2 heterocycles. The van der Waals surface area contributed by atoms with Crippen LogP contribution in [0.2, 0.25) is 0 Å². The summed E-state index contributed by atoms with van der Waals surface area (Å²) >= 11 is 0. The van der Waals surface area contributed by atoms with Crippen LogP contribution in [-0.4, -0.2) is 26.1 Å². The minimum atomic E-state index is -3.63. The molecule has 0 spiro atoms. The van der Waals surface area contributed by atoms with Crippen LogP contribution < -0.4 is 9.04 Å². The van der Waals surface area contributed by atoms with E-state index in [4.69, 9.17) is 4.74 Å². The third-order valence-electron chi connectivity index (χ3n) is 3.81. The molecule has 0 unspecified atom stereocenters. The molecule has 1 aromatic carbocycles. The second-order valence-corrected chi connectivity index (χ2v) is 7.55. The first-order valence-corrected chi connectivity index (χ1v) is 9.19. The lowest BCUT2D eigenvalue weighted by Crippen LogP contribution is -2.42. The van der Waals surface area contributed by atoms with E-state index in [0.29, 0.717) is 16.5 Å². The van der Waals surface area contributed by atoms with Gasteiger partial charge in [-0.15, -0.1) is 0 Å². The number of ether oxygens (including phenoxy) is 1. The van der Waals surface area contributed by atoms with Crippen LogP contribution in [0, 0.1) is 0 Å². The van der Waals surface area contributed by atoms with Crippen molar-refractivity contribution in [2.45, 2.75) is 37.7 Å². The molecule has 0 N–H and O–H groups in total. The average molecular weight is 332 g/mol. The van der Waals surface area contributed by atoms with Crippen LogP contribution in [0.5, 0.6) is 5.88 Å². The summed E-state index contributed by atoms with van der Waals surface area (Å²) < 4.78 is 33.0. The summed E-state index contributed by atoms with van der Waals surface area (Å²) in [5.74, 6) is 0.359. The first-order chi connectivity index (χ1) is 11.0. The normalized spacial score (nSPS) is 17.5. The standard InChI is InChI=1S/C17H20N2O3S/c1-3-5-14-7-9-15(10-8-14)23(20,21)19-12-13(2)22-17-16(19)6-4-11-18-17/h4,6-11,13H,3,5,12H2,1-2H3/t13-/m1/s1. The van der Waals surface area contributed by atoms with E-state index in [1.54, 1.807) is 30.5 Å². The predicted molar refractivity (Wildman–Crippen MR) is 89.3 cm³/mol. The highest BCUT2D eigenvalue weighted by Crippen LogP contribution is 2.34. The van der Waals surface area contributed by atoms with Crippen molar-refractivity contribution in [3.8, 4) is 5.88 Å². The Morgan fingerprint density at radius 3 is 2.70 bits per heavy atom. The van der Waals surface area contributed by atoms with Gasteiger partial charge in [0.05, 0.1) is 11.4 Å². The van der Waals surface area contributed by atoms with Crippen LogP contribution in [0.4, 0.5) is 5.69 Å². The Balaban J connectivity index is 1.99. The summed E-state index contributed by atoms with van der Waals surface area (Å²) in [7, 11) is -3.63. The SMILES string of the molecule is CCCc1ccc(S(=O)(=O)N2C[C@@H](C)Oc3ncccc32)cc1. The van der Waals surface area contributed by atoms with E-state index in [1.165, 1.54) is 4.31 Å². The van der Waals surface area contributed by atoms with E-state index < -0.39 is 10.0 Å². The van der Waals surface area contributed by atoms with Gasteiger partial charge in [-0.1, -0.05) is 25.5 Å².